The van der Waals surface area contributed by atoms with Crippen LogP contribution in [0.2, 0.25) is 0 Å². The van der Waals surface area contributed by atoms with Crippen molar-refractivity contribution in [1.29, 1.82) is 0 Å². The van der Waals surface area contributed by atoms with Gasteiger partial charge in [0.2, 0.25) is 5.91 Å². The van der Waals surface area contributed by atoms with Gasteiger partial charge in [0.15, 0.2) is 0 Å². The van der Waals surface area contributed by atoms with E-state index >= 15 is 0 Å². The number of aliphatic carboxylic acids is 1. The Kier molecular flexibility index (Phi) is 7.06. The maximum absolute atomic E-state index is 12.0. The highest BCUT2D eigenvalue weighted by Crippen LogP contribution is 2.43. The van der Waals surface area contributed by atoms with Gasteiger partial charge >= 0.3 is 12.1 Å². The Bertz CT molecular complexity index is 585. The molecule has 0 aromatic carbocycles. The Hall–Kier alpha value is -1.39. The summed E-state index contributed by atoms with van der Waals surface area (Å²) < 4.78 is 43.6. The number of halogens is 3. The van der Waals surface area contributed by atoms with Crippen molar-refractivity contribution >= 4 is 11.9 Å². The molecular weight excluding hydrogens is 393 g/mol. The van der Waals surface area contributed by atoms with Crippen molar-refractivity contribution in [3.63, 3.8) is 0 Å². The SMILES string of the molecule is O=C(COCC1CCOC12CN(C1CCC1)C2)N1CCCC1.O=C(O)C(F)(F)F. The number of likely N-dealkylation sites (tertiary alicyclic amines) is 2. The van der Waals surface area contributed by atoms with E-state index in [1.807, 2.05) is 4.90 Å². The van der Waals surface area contributed by atoms with Gasteiger partial charge in [-0.2, -0.15) is 13.2 Å². The Balaban J connectivity index is 0.000000298. The Morgan fingerprint density at radius 2 is 1.72 bits per heavy atom. The number of hydrogen-bond acceptors (Lipinski definition) is 5. The van der Waals surface area contributed by atoms with Crippen molar-refractivity contribution < 1.29 is 37.3 Å². The molecule has 0 aromatic heterocycles. The molecule has 3 heterocycles. The van der Waals surface area contributed by atoms with Gasteiger partial charge in [0.25, 0.3) is 0 Å². The molecule has 0 aromatic rings. The molecular formula is C19H29F3N2O5. The van der Waals surface area contributed by atoms with Gasteiger partial charge in [-0.05, 0) is 32.1 Å². The zero-order chi connectivity index (χ0) is 21.1. The summed E-state index contributed by atoms with van der Waals surface area (Å²) in [6.07, 6.45) is 2.39. The highest BCUT2D eigenvalue weighted by molar-refractivity contribution is 5.77. The molecule has 10 heteroatoms. The molecule has 1 atom stereocenters. The van der Waals surface area contributed by atoms with Crippen LogP contribution in [0.5, 0.6) is 0 Å². The number of ether oxygens (including phenoxy) is 2. The lowest BCUT2D eigenvalue weighted by atomic mass is 9.77. The van der Waals surface area contributed by atoms with Gasteiger partial charge in [0, 0.05) is 44.7 Å². The summed E-state index contributed by atoms with van der Waals surface area (Å²) in [5.41, 5.74) is 0.0340. The topological polar surface area (TPSA) is 79.3 Å². The first-order valence-corrected chi connectivity index (χ1v) is 10.2. The number of carboxylic acid groups (broad SMARTS) is 1. The molecule has 1 spiro atoms. The summed E-state index contributed by atoms with van der Waals surface area (Å²) in [4.78, 5) is 25.4. The first-order chi connectivity index (χ1) is 13.7. The van der Waals surface area contributed by atoms with E-state index in [1.165, 1.54) is 19.3 Å². The molecule has 4 aliphatic rings. The van der Waals surface area contributed by atoms with Gasteiger partial charge in [-0.1, -0.05) is 6.42 Å². The van der Waals surface area contributed by atoms with Crippen molar-refractivity contribution in [3.8, 4) is 0 Å². The van der Waals surface area contributed by atoms with Crippen LogP contribution in [0.3, 0.4) is 0 Å². The van der Waals surface area contributed by atoms with Crippen molar-refractivity contribution in [2.45, 2.75) is 56.3 Å². The van der Waals surface area contributed by atoms with E-state index in [0.717, 1.165) is 58.1 Å². The van der Waals surface area contributed by atoms with Crippen LogP contribution in [0, 0.1) is 5.92 Å². The second kappa shape index (κ2) is 9.18. The van der Waals surface area contributed by atoms with E-state index in [0.29, 0.717) is 12.5 Å². The van der Waals surface area contributed by atoms with E-state index in [-0.39, 0.29) is 18.1 Å². The van der Waals surface area contributed by atoms with Crippen LogP contribution in [-0.4, -0.2) is 90.6 Å². The second-order valence-corrected chi connectivity index (χ2v) is 8.29. The third-order valence-electron chi connectivity index (χ3n) is 6.38. The largest absolute Gasteiger partial charge is 0.490 e. The van der Waals surface area contributed by atoms with Gasteiger partial charge in [-0.15, -0.1) is 0 Å². The standard InChI is InChI=1S/C17H28N2O3.C2HF3O2/c20-16(18-7-1-2-8-18)11-21-10-14-6-9-22-17(14)12-19(13-17)15-4-3-5-15;3-2(4,5)1(6)7/h14-15H,1-13H2;(H,6,7). The number of amides is 1. The van der Waals surface area contributed by atoms with Crippen LogP contribution in [-0.2, 0) is 19.1 Å². The maximum Gasteiger partial charge on any atom is 0.490 e. The molecule has 7 nitrogen and oxygen atoms in total. The van der Waals surface area contributed by atoms with Crippen molar-refractivity contribution in [2.75, 3.05) is 46.0 Å². The van der Waals surface area contributed by atoms with Crippen LogP contribution in [0.25, 0.3) is 0 Å². The fraction of sp³-hybridized carbons (Fsp3) is 0.895. The fourth-order valence-electron chi connectivity index (χ4n) is 4.37. The van der Waals surface area contributed by atoms with Crippen LogP contribution < -0.4 is 0 Å². The van der Waals surface area contributed by atoms with Gasteiger partial charge in [-0.25, -0.2) is 4.79 Å². The monoisotopic (exact) mass is 422 g/mol. The molecule has 1 unspecified atom stereocenters. The molecule has 1 N–H and O–H groups in total. The first kappa shape index (κ1) is 22.3. The smallest absolute Gasteiger partial charge is 0.475 e. The number of carbonyl (C=O) groups is 2. The number of carboxylic acids is 1. The quantitative estimate of drug-likeness (QED) is 0.729. The molecule has 1 amide bonds. The average molecular weight is 422 g/mol. The molecule has 166 valence electrons. The van der Waals surface area contributed by atoms with Crippen molar-refractivity contribution in [3.05, 3.63) is 0 Å². The van der Waals surface area contributed by atoms with Gasteiger partial charge in [0.1, 0.15) is 6.61 Å². The van der Waals surface area contributed by atoms with Crippen LogP contribution in [0.1, 0.15) is 38.5 Å². The first-order valence-electron chi connectivity index (χ1n) is 10.2. The predicted molar refractivity (Wildman–Crippen MR) is 96.3 cm³/mol. The molecule has 0 radical (unpaired) electrons. The second-order valence-electron chi connectivity index (χ2n) is 8.29. The number of hydrogen-bond donors (Lipinski definition) is 1. The highest BCUT2D eigenvalue weighted by Gasteiger charge is 2.54. The Morgan fingerprint density at radius 1 is 1.10 bits per heavy atom. The number of alkyl halides is 3. The molecule has 0 bridgehead atoms. The third-order valence-corrected chi connectivity index (χ3v) is 6.38. The minimum absolute atomic E-state index is 0.0340. The molecule has 4 fully saturated rings. The normalized spacial score (nSPS) is 26.6. The van der Waals surface area contributed by atoms with Crippen LogP contribution in [0.15, 0.2) is 0 Å². The fourth-order valence-corrected chi connectivity index (χ4v) is 4.37. The summed E-state index contributed by atoms with van der Waals surface area (Å²) >= 11 is 0. The van der Waals surface area contributed by atoms with E-state index in [2.05, 4.69) is 4.90 Å². The molecule has 3 aliphatic heterocycles. The van der Waals surface area contributed by atoms with Gasteiger partial charge in [0.05, 0.1) is 12.2 Å². The molecule has 29 heavy (non-hydrogen) atoms. The van der Waals surface area contributed by atoms with E-state index < -0.39 is 12.1 Å². The molecule has 1 aliphatic carbocycles. The van der Waals surface area contributed by atoms with Gasteiger partial charge in [-0.3, -0.25) is 9.69 Å². The number of rotatable bonds is 5. The Labute approximate surface area is 168 Å². The predicted octanol–water partition coefficient (Wildman–Crippen LogP) is 1.90. The molecule has 3 saturated heterocycles. The molecule has 1 saturated carbocycles. The summed E-state index contributed by atoms with van der Waals surface area (Å²) in [5, 5.41) is 7.12. The van der Waals surface area contributed by atoms with Gasteiger partial charge < -0.3 is 19.5 Å². The van der Waals surface area contributed by atoms with E-state index in [1.54, 1.807) is 0 Å². The van der Waals surface area contributed by atoms with E-state index in [9.17, 15) is 18.0 Å². The average Bonchev–Trinajstić information content (AvgIpc) is 3.22. The summed E-state index contributed by atoms with van der Waals surface area (Å²) in [6, 6.07) is 0.813. The Morgan fingerprint density at radius 3 is 2.24 bits per heavy atom. The number of nitrogens with zero attached hydrogens (tertiary/aromatic N) is 2. The lowest BCUT2D eigenvalue weighted by Crippen LogP contribution is -2.68. The lowest BCUT2D eigenvalue weighted by Gasteiger charge is -2.55. The summed E-state index contributed by atoms with van der Waals surface area (Å²) in [6.45, 7) is 5.76. The molecule has 4 rings (SSSR count). The summed E-state index contributed by atoms with van der Waals surface area (Å²) in [5.74, 6) is -2.13. The minimum atomic E-state index is -5.08. The van der Waals surface area contributed by atoms with Crippen LogP contribution >= 0.6 is 0 Å². The number of carbonyl (C=O) groups excluding carboxylic acids is 1. The van der Waals surface area contributed by atoms with Crippen molar-refractivity contribution in [2.24, 2.45) is 5.92 Å². The summed E-state index contributed by atoms with van der Waals surface area (Å²) in [7, 11) is 0. The van der Waals surface area contributed by atoms with E-state index in [4.69, 9.17) is 19.4 Å². The minimum Gasteiger partial charge on any atom is -0.475 e. The zero-order valence-electron chi connectivity index (χ0n) is 16.5. The zero-order valence-corrected chi connectivity index (χ0v) is 16.5. The van der Waals surface area contributed by atoms with Crippen LogP contribution in [0.4, 0.5) is 13.2 Å². The third kappa shape index (κ3) is 5.40. The lowest BCUT2D eigenvalue weighted by molar-refractivity contribution is -0.192. The maximum atomic E-state index is 12.0. The van der Waals surface area contributed by atoms with Crippen molar-refractivity contribution in [1.82, 2.24) is 9.80 Å². The highest BCUT2D eigenvalue weighted by atomic mass is 19.4.